The fourth-order valence-electron chi connectivity index (χ4n) is 2.33. The number of nitrogens with zero attached hydrogens (tertiary/aromatic N) is 1. The fraction of sp³-hybridized carbons (Fsp3) is 0.167. The second-order valence-electron chi connectivity index (χ2n) is 5.45. The molecule has 2 aromatic carbocycles. The number of thioether (sulfide) groups is 1. The monoisotopic (exact) mass is 357 g/mol. The Kier molecular flexibility index (Phi) is 5.14. The quantitative estimate of drug-likeness (QED) is 0.733. The third-order valence-corrected chi connectivity index (χ3v) is 4.78. The summed E-state index contributed by atoms with van der Waals surface area (Å²) in [5, 5.41) is 2.87. The number of anilines is 1. The molecule has 1 amide bonds. The summed E-state index contributed by atoms with van der Waals surface area (Å²) in [5.74, 6) is -0.168. The maximum absolute atomic E-state index is 13.5. The number of amides is 1. The Balaban J connectivity index is 1.66. The average molecular weight is 357 g/mol. The molecular weight excluding hydrogens is 341 g/mol. The van der Waals surface area contributed by atoms with Gasteiger partial charge in [0, 0.05) is 0 Å². The first-order valence-electron chi connectivity index (χ1n) is 7.69. The number of carbonyl (C=O) groups excluding carboxylic acids is 1. The lowest BCUT2D eigenvalue weighted by Gasteiger charge is -2.11. The minimum absolute atomic E-state index is 0.117. The van der Waals surface area contributed by atoms with E-state index < -0.39 is 5.82 Å². The van der Waals surface area contributed by atoms with Crippen LogP contribution in [0.5, 0.6) is 0 Å². The molecule has 0 aliphatic rings. The molecule has 128 valence electrons. The van der Waals surface area contributed by atoms with Gasteiger partial charge in [-0.15, -0.1) is 11.8 Å². The van der Waals surface area contributed by atoms with Crippen molar-refractivity contribution in [3.63, 3.8) is 0 Å². The lowest BCUT2D eigenvalue weighted by molar-refractivity contribution is -0.113. The number of aromatic amines is 1. The fourth-order valence-corrected chi connectivity index (χ4v) is 3.07. The number of hydrogen-bond donors (Lipinski definition) is 2. The molecule has 7 heteroatoms. The van der Waals surface area contributed by atoms with Crippen LogP contribution in [0.3, 0.4) is 0 Å². The van der Waals surface area contributed by atoms with E-state index in [0.29, 0.717) is 16.7 Å². The van der Waals surface area contributed by atoms with Crippen molar-refractivity contribution < 1.29 is 9.18 Å². The van der Waals surface area contributed by atoms with Gasteiger partial charge in [-0.3, -0.25) is 9.59 Å². The molecule has 0 aliphatic heterocycles. The molecule has 0 spiro atoms. The predicted octanol–water partition coefficient (Wildman–Crippen LogP) is 3.50. The van der Waals surface area contributed by atoms with Gasteiger partial charge in [0.25, 0.3) is 5.56 Å². The van der Waals surface area contributed by atoms with Crippen LogP contribution in [-0.4, -0.2) is 21.6 Å². The molecule has 3 rings (SSSR count). The van der Waals surface area contributed by atoms with Gasteiger partial charge in [-0.1, -0.05) is 24.3 Å². The molecule has 0 saturated heterocycles. The summed E-state index contributed by atoms with van der Waals surface area (Å²) in [7, 11) is 0. The first-order valence-corrected chi connectivity index (χ1v) is 8.74. The number of carbonyl (C=O) groups is 1. The van der Waals surface area contributed by atoms with Crippen molar-refractivity contribution in [2.75, 3.05) is 11.1 Å². The Hall–Kier alpha value is -2.67. The molecule has 0 fully saturated rings. The summed E-state index contributed by atoms with van der Waals surface area (Å²) in [6, 6.07) is 13.1. The highest BCUT2D eigenvalue weighted by Gasteiger charge is 2.14. The highest BCUT2D eigenvalue weighted by atomic mass is 32.2. The summed E-state index contributed by atoms with van der Waals surface area (Å²) in [6.07, 6.45) is 0. The van der Waals surface area contributed by atoms with Gasteiger partial charge in [-0.2, -0.15) is 0 Å². The lowest BCUT2D eigenvalue weighted by Crippen LogP contribution is -2.17. The van der Waals surface area contributed by atoms with Gasteiger partial charge in [0.1, 0.15) is 11.6 Å². The summed E-state index contributed by atoms with van der Waals surface area (Å²) in [4.78, 5) is 31.3. The van der Waals surface area contributed by atoms with Gasteiger partial charge in [0.05, 0.1) is 27.6 Å². The smallest absolute Gasteiger partial charge is 0.258 e. The summed E-state index contributed by atoms with van der Waals surface area (Å²) in [5.41, 5.74) is 0.561. The van der Waals surface area contributed by atoms with Crippen LogP contribution in [0.15, 0.2) is 53.3 Å². The Morgan fingerprint density at radius 3 is 2.76 bits per heavy atom. The number of nitrogens with one attached hydrogen (secondary N) is 2. The van der Waals surface area contributed by atoms with Crippen LogP contribution in [0.2, 0.25) is 0 Å². The number of hydrogen-bond acceptors (Lipinski definition) is 4. The number of para-hydroxylation sites is 2. The summed E-state index contributed by atoms with van der Waals surface area (Å²) >= 11 is 1.31. The minimum Gasteiger partial charge on any atom is -0.323 e. The van der Waals surface area contributed by atoms with Crippen LogP contribution in [0.25, 0.3) is 10.9 Å². The zero-order valence-corrected chi connectivity index (χ0v) is 14.3. The molecule has 1 aromatic heterocycles. The van der Waals surface area contributed by atoms with Crippen LogP contribution >= 0.6 is 11.8 Å². The van der Waals surface area contributed by atoms with Crippen LogP contribution in [0, 0.1) is 5.82 Å². The van der Waals surface area contributed by atoms with E-state index in [1.165, 1.54) is 23.9 Å². The number of halogens is 1. The van der Waals surface area contributed by atoms with E-state index in [2.05, 4.69) is 15.3 Å². The van der Waals surface area contributed by atoms with Crippen molar-refractivity contribution in [1.29, 1.82) is 0 Å². The first-order chi connectivity index (χ1) is 12.0. The van der Waals surface area contributed by atoms with Gasteiger partial charge < -0.3 is 10.3 Å². The Bertz CT molecular complexity index is 974. The van der Waals surface area contributed by atoms with Crippen molar-refractivity contribution in [3.05, 3.63) is 70.5 Å². The third-order valence-electron chi connectivity index (χ3n) is 3.63. The van der Waals surface area contributed by atoms with E-state index in [0.717, 1.165) is 0 Å². The lowest BCUT2D eigenvalue weighted by atomic mass is 10.2. The normalized spacial score (nSPS) is 12.1. The van der Waals surface area contributed by atoms with Crippen LogP contribution < -0.4 is 10.9 Å². The highest BCUT2D eigenvalue weighted by molar-refractivity contribution is 8.00. The van der Waals surface area contributed by atoms with Crippen molar-refractivity contribution in [3.8, 4) is 0 Å². The molecule has 5 nitrogen and oxygen atoms in total. The predicted molar refractivity (Wildman–Crippen MR) is 98.3 cm³/mol. The first kappa shape index (κ1) is 17.2. The van der Waals surface area contributed by atoms with Crippen LogP contribution in [-0.2, 0) is 4.79 Å². The molecule has 1 heterocycles. The number of aromatic nitrogens is 2. The van der Waals surface area contributed by atoms with Crippen molar-refractivity contribution in [1.82, 2.24) is 9.97 Å². The SMILES string of the molecule is CC(SCC(=O)Nc1ccccc1F)c1nc2ccccc2c(=O)[nH]1. The molecule has 1 atom stereocenters. The Labute approximate surface area is 147 Å². The van der Waals surface area contributed by atoms with Crippen LogP contribution in [0.4, 0.5) is 10.1 Å². The topological polar surface area (TPSA) is 74.8 Å². The summed E-state index contributed by atoms with van der Waals surface area (Å²) < 4.78 is 13.5. The maximum Gasteiger partial charge on any atom is 0.258 e. The molecule has 3 aromatic rings. The van der Waals surface area contributed by atoms with Gasteiger partial charge in [0.2, 0.25) is 5.91 Å². The number of H-pyrrole nitrogens is 1. The van der Waals surface area contributed by atoms with Crippen LogP contribution in [0.1, 0.15) is 18.0 Å². The molecule has 0 saturated carbocycles. The molecule has 2 N–H and O–H groups in total. The molecular formula is C18H16FN3O2S. The average Bonchev–Trinajstić information content (AvgIpc) is 2.61. The largest absolute Gasteiger partial charge is 0.323 e. The van der Waals surface area contributed by atoms with E-state index in [4.69, 9.17) is 0 Å². The van der Waals surface area contributed by atoms with E-state index in [9.17, 15) is 14.0 Å². The van der Waals surface area contributed by atoms with Gasteiger partial charge in [-0.25, -0.2) is 9.37 Å². The maximum atomic E-state index is 13.5. The van der Waals surface area contributed by atoms with E-state index in [1.54, 1.807) is 30.3 Å². The second-order valence-corrected chi connectivity index (χ2v) is 6.78. The zero-order valence-electron chi connectivity index (χ0n) is 13.5. The molecule has 0 radical (unpaired) electrons. The van der Waals surface area contributed by atoms with Gasteiger partial charge >= 0.3 is 0 Å². The molecule has 1 unspecified atom stereocenters. The Morgan fingerprint density at radius 2 is 1.96 bits per heavy atom. The number of fused-ring (bicyclic) bond motifs is 1. The minimum atomic E-state index is -0.477. The molecule has 25 heavy (non-hydrogen) atoms. The van der Waals surface area contributed by atoms with Crippen molar-refractivity contribution in [2.45, 2.75) is 12.2 Å². The second kappa shape index (κ2) is 7.48. The Morgan fingerprint density at radius 1 is 1.24 bits per heavy atom. The van der Waals surface area contributed by atoms with E-state index >= 15 is 0 Å². The van der Waals surface area contributed by atoms with E-state index in [-0.39, 0.29) is 28.2 Å². The third kappa shape index (κ3) is 4.06. The number of rotatable bonds is 5. The van der Waals surface area contributed by atoms with Gasteiger partial charge in [-0.05, 0) is 31.2 Å². The summed E-state index contributed by atoms with van der Waals surface area (Å²) in [6.45, 7) is 1.86. The van der Waals surface area contributed by atoms with Crippen molar-refractivity contribution >= 4 is 34.3 Å². The van der Waals surface area contributed by atoms with Crippen molar-refractivity contribution in [2.24, 2.45) is 0 Å². The zero-order chi connectivity index (χ0) is 17.8. The standard InChI is InChI=1S/C18H16FN3O2S/c1-11(17-21-14-8-4-2-6-12(14)18(24)22-17)25-10-16(23)20-15-9-5-3-7-13(15)19/h2-9,11H,10H2,1H3,(H,20,23)(H,21,22,24). The van der Waals surface area contributed by atoms with E-state index in [1.807, 2.05) is 13.0 Å². The number of benzene rings is 2. The van der Waals surface area contributed by atoms with Gasteiger partial charge in [0.15, 0.2) is 0 Å². The molecule has 0 bridgehead atoms. The molecule has 0 aliphatic carbocycles. The highest BCUT2D eigenvalue weighted by Crippen LogP contribution is 2.26.